The zero-order valence-electron chi connectivity index (χ0n) is 14.6. The van der Waals surface area contributed by atoms with Gasteiger partial charge in [0.05, 0.1) is 0 Å². The second-order valence-electron chi connectivity index (χ2n) is 7.47. The summed E-state index contributed by atoms with van der Waals surface area (Å²) >= 11 is 0. The van der Waals surface area contributed by atoms with E-state index in [4.69, 9.17) is 0 Å². The Hall–Kier alpha value is -1.63. The Labute approximate surface area is 143 Å². The maximum absolute atomic E-state index is 12.9. The first kappa shape index (κ1) is 17.2. The van der Waals surface area contributed by atoms with Crippen LogP contribution in [-0.4, -0.2) is 65.4 Å². The average molecular weight is 336 g/mol. The van der Waals surface area contributed by atoms with Gasteiger partial charge in [-0.05, 0) is 39.2 Å². The summed E-state index contributed by atoms with van der Waals surface area (Å²) in [6.45, 7) is 2.80. The molecular weight excluding hydrogens is 308 g/mol. The largest absolute Gasteiger partial charge is 0.352 e. The fourth-order valence-corrected chi connectivity index (χ4v) is 4.35. The molecule has 24 heavy (non-hydrogen) atoms. The van der Waals surface area contributed by atoms with Crippen LogP contribution in [0.15, 0.2) is 0 Å². The highest BCUT2D eigenvalue weighted by atomic mass is 16.2. The molecule has 7 heteroatoms. The number of hydrogen-bond acceptors (Lipinski definition) is 4. The van der Waals surface area contributed by atoms with Gasteiger partial charge in [0.25, 0.3) is 5.91 Å². The van der Waals surface area contributed by atoms with Crippen LogP contribution in [0.2, 0.25) is 0 Å². The molecule has 134 valence electrons. The third kappa shape index (κ3) is 3.01. The normalized spacial score (nSPS) is 30.1. The number of likely N-dealkylation sites (N-methyl/N-ethyl adjacent to an activating group) is 1. The summed E-state index contributed by atoms with van der Waals surface area (Å²) < 4.78 is 0. The number of hydrogen-bond donors (Lipinski definition) is 2. The van der Waals surface area contributed by atoms with Crippen molar-refractivity contribution in [2.45, 2.75) is 69.5 Å². The van der Waals surface area contributed by atoms with Crippen LogP contribution in [0.4, 0.5) is 4.79 Å². The van der Waals surface area contributed by atoms with Gasteiger partial charge in [-0.15, -0.1) is 0 Å². The van der Waals surface area contributed by atoms with E-state index < -0.39 is 5.54 Å². The third-order valence-corrected chi connectivity index (χ3v) is 5.77. The van der Waals surface area contributed by atoms with Crippen LogP contribution in [0.5, 0.6) is 0 Å². The molecule has 2 unspecified atom stereocenters. The van der Waals surface area contributed by atoms with Gasteiger partial charge in [0.1, 0.15) is 12.1 Å². The van der Waals surface area contributed by atoms with E-state index >= 15 is 0 Å². The first-order valence-corrected chi connectivity index (χ1v) is 9.06. The van der Waals surface area contributed by atoms with E-state index in [0.717, 1.165) is 43.5 Å². The van der Waals surface area contributed by atoms with Crippen molar-refractivity contribution in [3.63, 3.8) is 0 Å². The van der Waals surface area contributed by atoms with E-state index in [-0.39, 0.29) is 30.4 Å². The van der Waals surface area contributed by atoms with Gasteiger partial charge in [-0.1, -0.05) is 19.3 Å². The minimum Gasteiger partial charge on any atom is -0.352 e. The van der Waals surface area contributed by atoms with Crippen LogP contribution in [-0.2, 0) is 9.59 Å². The molecule has 1 spiro atoms. The van der Waals surface area contributed by atoms with E-state index in [0.29, 0.717) is 18.9 Å². The average Bonchev–Trinajstić information content (AvgIpc) is 2.72. The van der Waals surface area contributed by atoms with Crippen molar-refractivity contribution in [1.82, 2.24) is 20.4 Å². The summed E-state index contributed by atoms with van der Waals surface area (Å²) in [7, 11) is 1.69. The molecule has 0 radical (unpaired) electrons. The number of amides is 4. The number of piperidine rings is 1. The zero-order valence-corrected chi connectivity index (χ0v) is 14.6. The maximum atomic E-state index is 12.9. The molecule has 0 bridgehead atoms. The molecule has 3 rings (SSSR count). The van der Waals surface area contributed by atoms with Gasteiger partial charge in [-0.25, -0.2) is 4.79 Å². The third-order valence-electron chi connectivity index (χ3n) is 5.77. The molecule has 2 N–H and O–H groups in total. The van der Waals surface area contributed by atoms with Gasteiger partial charge in [0.2, 0.25) is 5.91 Å². The number of carbonyl (C=O) groups is 3. The molecule has 4 amide bonds. The van der Waals surface area contributed by atoms with E-state index in [2.05, 4.69) is 17.6 Å². The lowest BCUT2D eigenvalue weighted by Crippen LogP contribution is -2.51. The summed E-state index contributed by atoms with van der Waals surface area (Å²) in [5, 5.41) is 6.32. The Bertz CT molecular complexity index is 530. The Kier molecular flexibility index (Phi) is 4.80. The second kappa shape index (κ2) is 6.70. The fraction of sp³-hybridized carbons (Fsp3) is 0.824. The highest BCUT2D eigenvalue weighted by molar-refractivity contribution is 6.08. The lowest BCUT2D eigenvalue weighted by molar-refractivity contribution is -0.137. The van der Waals surface area contributed by atoms with Crippen LogP contribution in [0.3, 0.4) is 0 Å². The minimum absolute atomic E-state index is 0.114. The zero-order chi connectivity index (χ0) is 17.3. The lowest BCUT2D eigenvalue weighted by atomic mass is 9.81. The van der Waals surface area contributed by atoms with E-state index in [9.17, 15) is 14.4 Å². The molecule has 0 aromatic carbocycles. The summed E-state index contributed by atoms with van der Waals surface area (Å²) in [5.41, 5.74) is -0.709. The number of urea groups is 1. The first-order chi connectivity index (χ1) is 11.4. The predicted molar refractivity (Wildman–Crippen MR) is 89.3 cm³/mol. The molecule has 1 aliphatic carbocycles. The van der Waals surface area contributed by atoms with Crippen molar-refractivity contribution in [2.24, 2.45) is 0 Å². The Morgan fingerprint density at radius 2 is 2.00 bits per heavy atom. The summed E-state index contributed by atoms with van der Waals surface area (Å²) in [6, 6.07) is 0.148. The molecule has 3 fully saturated rings. The van der Waals surface area contributed by atoms with Gasteiger partial charge < -0.3 is 15.5 Å². The van der Waals surface area contributed by atoms with Crippen LogP contribution >= 0.6 is 0 Å². The van der Waals surface area contributed by atoms with E-state index in [1.165, 1.54) is 0 Å². The molecule has 0 aromatic rings. The van der Waals surface area contributed by atoms with Crippen LogP contribution in [0.25, 0.3) is 0 Å². The molecule has 2 saturated heterocycles. The lowest BCUT2D eigenvalue weighted by Gasteiger charge is -2.35. The number of nitrogens with zero attached hydrogens (tertiary/aromatic N) is 2. The Morgan fingerprint density at radius 3 is 2.67 bits per heavy atom. The Morgan fingerprint density at radius 1 is 1.29 bits per heavy atom. The van der Waals surface area contributed by atoms with Crippen LogP contribution in [0, 0.1) is 0 Å². The summed E-state index contributed by atoms with van der Waals surface area (Å²) in [5.74, 6) is -0.430. The molecule has 7 nitrogen and oxygen atoms in total. The molecule has 1 saturated carbocycles. The summed E-state index contributed by atoms with van der Waals surface area (Å²) in [6.07, 6.45) is 6.17. The van der Waals surface area contributed by atoms with Gasteiger partial charge in [0.15, 0.2) is 0 Å². The van der Waals surface area contributed by atoms with Gasteiger partial charge >= 0.3 is 6.03 Å². The first-order valence-electron chi connectivity index (χ1n) is 9.06. The van der Waals surface area contributed by atoms with Gasteiger partial charge in [0, 0.05) is 19.1 Å². The number of nitrogens with one attached hydrogen (secondary N) is 2. The minimum atomic E-state index is -0.709. The fourth-order valence-electron chi connectivity index (χ4n) is 4.35. The van der Waals surface area contributed by atoms with Crippen molar-refractivity contribution >= 4 is 17.8 Å². The van der Waals surface area contributed by atoms with Crippen molar-refractivity contribution < 1.29 is 14.4 Å². The van der Waals surface area contributed by atoms with E-state index in [1.807, 2.05) is 0 Å². The quantitative estimate of drug-likeness (QED) is 0.748. The van der Waals surface area contributed by atoms with E-state index in [1.54, 1.807) is 11.9 Å². The molecule has 3 aliphatic rings. The number of carbonyl (C=O) groups excluding carboxylic acids is 3. The van der Waals surface area contributed by atoms with Crippen molar-refractivity contribution in [2.75, 3.05) is 20.1 Å². The number of rotatable bonds is 3. The number of imide groups is 1. The SMILES string of the molecule is CC1CC(NC(=O)CN2C(=O)N(C)C3(CCCCC3)C2=O)CCN1. The topological polar surface area (TPSA) is 81.8 Å². The van der Waals surface area contributed by atoms with Crippen molar-refractivity contribution in [3.05, 3.63) is 0 Å². The second-order valence-corrected chi connectivity index (χ2v) is 7.47. The van der Waals surface area contributed by atoms with Crippen LogP contribution < -0.4 is 10.6 Å². The molecular formula is C17H28N4O3. The van der Waals surface area contributed by atoms with Crippen molar-refractivity contribution in [3.8, 4) is 0 Å². The molecule has 2 aliphatic heterocycles. The predicted octanol–water partition coefficient (Wildman–Crippen LogP) is 0.840. The molecule has 0 aromatic heterocycles. The Balaban J connectivity index is 1.63. The monoisotopic (exact) mass is 336 g/mol. The smallest absolute Gasteiger partial charge is 0.327 e. The highest BCUT2D eigenvalue weighted by Gasteiger charge is 2.55. The van der Waals surface area contributed by atoms with Crippen LogP contribution in [0.1, 0.15) is 51.9 Å². The van der Waals surface area contributed by atoms with Crippen molar-refractivity contribution in [1.29, 1.82) is 0 Å². The van der Waals surface area contributed by atoms with Gasteiger partial charge in [-0.2, -0.15) is 0 Å². The maximum Gasteiger partial charge on any atom is 0.327 e. The van der Waals surface area contributed by atoms with Gasteiger partial charge in [-0.3, -0.25) is 14.5 Å². The highest BCUT2D eigenvalue weighted by Crippen LogP contribution is 2.39. The molecule has 2 heterocycles. The molecule has 2 atom stereocenters. The standard InChI is InChI=1S/C17H28N4O3/c1-12-10-13(6-9-18-12)19-14(22)11-21-15(23)17(20(2)16(21)24)7-4-3-5-8-17/h12-13,18H,3-11H2,1-2H3,(H,19,22). The summed E-state index contributed by atoms with van der Waals surface area (Å²) in [4.78, 5) is 40.4.